The highest BCUT2D eigenvalue weighted by Gasteiger charge is 2.20. The number of benzene rings is 2. The van der Waals surface area contributed by atoms with Crippen molar-refractivity contribution in [3.05, 3.63) is 82.9 Å². The highest BCUT2D eigenvalue weighted by atomic mass is 16.5. The Labute approximate surface area is 203 Å². The van der Waals surface area contributed by atoms with E-state index in [1.165, 1.54) is 36.8 Å². The molecule has 11 nitrogen and oxygen atoms in total. The van der Waals surface area contributed by atoms with E-state index in [0.29, 0.717) is 28.9 Å². The summed E-state index contributed by atoms with van der Waals surface area (Å²) in [6.45, 7) is 0.274. The molecule has 5 rings (SSSR count). The molecule has 4 N–H and O–H groups in total. The Hall–Kier alpha value is -5.06. The molecule has 0 bridgehead atoms. The minimum absolute atomic E-state index is 0.00343. The largest absolute Gasteiger partial charge is 0.486 e. The summed E-state index contributed by atoms with van der Waals surface area (Å²) in [4.78, 5) is 59.5. The number of aromatic carboxylic acids is 1. The number of hydrogen-bond acceptors (Lipinski definition) is 7. The molecule has 1 aliphatic heterocycles. The van der Waals surface area contributed by atoms with Crippen molar-refractivity contribution in [1.82, 2.24) is 20.3 Å². The number of carboxylic acids is 1. The molecule has 0 unspecified atom stereocenters. The Morgan fingerprint density at radius 2 is 1.89 bits per heavy atom. The first-order valence-electron chi connectivity index (χ1n) is 10.9. The Morgan fingerprint density at radius 3 is 2.72 bits per heavy atom. The first kappa shape index (κ1) is 22.7. The van der Waals surface area contributed by atoms with Crippen molar-refractivity contribution in [2.24, 2.45) is 0 Å². The topological polar surface area (TPSA) is 163 Å². The van der Waals surface area contributed by atoms with Gasteiger partial charge >= 0.3 is 5.97 Å². The molecule has 0 radical (unpaired) electrons. The number of carboxylic acid groups (broad SMARTS) is 1. The molecule has 2 amide bonds. The second-order valence-corrected chi connectivity index (χ2v) is 8.12. The maximum atomic E-state index is 12.9. The third kappa shape index (κ3) is 4.49. The van der Waals surface area contributed by atoms with Crippen molar-refractivity contribution in [2.75, 3.05) is 11.9 Å². The quantitative estimate of drug-likeness (QED) is 0.323. The summed E-state index contributed by atoms with van der Waals surface area (Å²) in [6, 6.07) is 11.0. The van der Waals surface area contributed by atoms with Crippen LogP contribution in [0.5, 0.6) is 5.75 Å². The molecule has 3 heterocycles. The number of rotatable bonds is 6. The monoisotopic (exact) mass is 485 g/mol. The lowest BCUT2D eigenvalue weighted by molar-refractivity contribution is -0.121. The molecular weight excluding hydrogens is 466 g/mol. The van der Waals surface area contributed by atoms with Gasteiger partial charge < -0.3 is 25.5 Å². The van der Waals surface area contributed by atoms with Gasteiger partial charge in [0.25, 0.3) is 11.8 Å². The van der Waals surface area contributed by atoms with E-state index in [1.54, 1.807) is 6.07 Å². The van der Waals surface area contributed by atoms with Crippen LogP contribution in [-0.4, -0.2) is 50.2 Å². The van der Waals surface area contributed by atoms with E-state index in [4.69, 9.17) is 9.84 Å². The number of ketones is 1. The Bertz CT molecular complexity index is 1540. The number of carbonyl (C=O) groups is 4. The highest BCUT2D eigenvalue weighted by Crippen LogP contribution is 2.25. The molecule has 2 aromatic carbocycles. The van der Waals surface area contributed by atoms with Gasteiger partial charge in [-0.3, -0.25) is 14.4 Å². The summed E-state index contributed by atoms with van der Waals surface area (Å²) in [5, 5.41) is 14.6. The molecule has 0 saturated carbocycles. The van der Waals surface area contributed by atoms with Crippen LogP contribution in [0.15, 0.2) is 55.0 Å². The molecule has 11 heteroatoms. The number of nitrogens with one attached hydrogen (secondary N) is 3. The van der Waals surface area contributed by atoms with Crippen LogP contribution in [0, 0.1) is 0 Å². The Morgan fingerprint density at radius 1 is 1.06 bits per heavy atom. The van der Waals surface area contributed by atoms with Crippen LogP contribution >= 0.6 is 0 Å². The lowest BCUT2D eigenvalue weighted by Crippen LogP contribution is -2.25. The fraction of sp³-hybridized carbons (Fsp3) is 0.120. The van der Waals surface area contributed by atoms with E-state index in [2.05, 4.69) is 25.6 Å². The van der Waals surface area contributed by atoms with Crippen molar-refractivity contribution in [1.29, 1.82) is 0 Å². The van der Waals surface area contributed by atoms with Gasteiger partial charge in [-0.25, -0.2) is 14.8 Å². The van der Waals surface area contributed by atoms with E-state index >= 15 is 0 Å². The average molecular weight is 485 g/mol. The SMILES string of the molecule is O=C1COc2ccc(CNC(=O)c3ncnc4c(NC(=O)c5cccc(C(=O)O)c5)c[nH]c34)cc2C1. The van der Waals surface area contributed by atoms with Crippen molar-refractivity contribution < 1.29 is 29.0 Å². The second kappa shape index (κ2) is 9.29. The standard InChI is InChI=1S/C25H19N5O6/c31-17-8-16-6-13(4-5-19(16)36-11-17)9-27-24(33)22-21-20(28-12-29-22)18(10-26-21)30-23(32)14-2-1-3-15(7-14)25(34)35/h1-7,10,12,26H,8-9,11H2,(H,27,33)(H,30,32)(H,34,35). The molecule has 1 aliphatic rings. The molecular formula is C25H19N5O6. The van der Waals surface area contributed by atoms with Crippen molar-refractivity contribution >= 4 is 40.3 Å². The number of carbonyl (C=O) groups excluding carboxylic acids is 3. The number of anilines is 1. The normalized spacial score (nSPS) is 12.5. The highest BCUT2D eigenvalue weighted by molar-refractivity contribution is 6.11. The lowest BCUT2D eigenvalue weighted by Gasteiger charge is -2.17. The van der Waals surface area contributed by atoms with Gasteiger partial charge in [0, 0.05) is 30.3 Å². The summed E-state index contributed by atoms with van der Waals surface area (Å²) >= 11 is 0. The number of Topliss-reactive ketones (excluding diaryl/α,β-unsaturated/α-hetero) is 1. The molecule has 2 aromatic heterocycles. The summed E-state index contributed by atoms with van der Waals surface area (Å²) < 4.78 is 5.39. The number of amides is 2. The van der Waals surface area contributed by atoms with Gasteiger partial charge in [-0.15, -0.1) is 0 Å². The van der Waals surface area contributed by atoms with E-state index in [1.807, 2.05) is 12.1 Å². The Balaban J connectivity index is 1.31. The van der Waals surface area contributed by atoms with Crippen LogP contribution in [-0.2, 0) is 17.8 Å². The van der Waals surface area contributed by atoms with Gasteiger partial charge in [0.05, 0.1) is 16.8 Å². The Kier molecular flexibility index (Phi) is 5.87. The molecule has 0 saturated heterocycles. The summed E-state index contributed by atoms with van der Waals surface area (Å²) in [7, 11) is 0. The summed E-state index contributed by atoms with van der Waals surface area (Å²) in [5.74, 6) is -1.47. The van der Waals surface area contributed by atoms with Gasteiger partial charge in [-0.05, 0) is 35.9 Å². The predicted molar refractivity (Wildman–Crippen MR) is 127 cm³/mol. The summed E-state index contributed by atoms with van der Waals surface area (Å²) in [6.07, 6.45) is 2.99. The second-order valence-electron chi connectivity index (χ2n) is 8.12. The number of aromatic nitrogens is 3. The van der Waals surface area contributed by atoms with Crippen LogP contribution in [0.4, 0.5) is 5.69 Å². The van der Waals surface area contributed by atoms with Crippen molar-refractivity contribution in [3.63, 3.8) is 0 Å². The van der Waals surface area contributed by atoms with E-state index in [0.717, 1.165) is 11.1 Å². The van der Waals surface area contributed by atoms with Crippen molar-refractivity contribution in [3.8, 4) is 5.75 Å². The minimum atomic E-state index is -1.14. The van der Waals surface area contributed by atoms with Gasteiger partial charge in [0.1, 0.15) is 24.2 Å². The predicted octanol–water partition coefficient (Wildman–Crippen LogP) is 2.34. The third-order valence-corrected chi connectivity index (χ3v) is 5.65. The zero-order valence-electron chi connectivity index (χ0n) is 18.7. The number of fused-ring (bicyclic) bond motifs is 2. The molecule has 4 aromatic rings. The summed E-state index contributed by atoms with van der Waals surface area (Å²) in [5.41, 5.74) is 2.77. The maximum absolute atomic E-state index is 12.9. The fourth-order valence-corrected chi connectivity index (χ4v) is 3.90. The zero-order valence-corrected chi connectivity index (χ0v) is 18.7. The van der Waals surface area contributed by atoms with Crippen LogP contribution in [0.25, 0.3) is 11.0 Å². The average Bonchev–Trinajstić information content (AvgIpc) is 3.29. The van der Waals surface area contributed by atoms with Crippen LogP contribution in [0.2, 0.25) is 0 Å². The van der Waals surface area contributed by atoms with Gasteiger partial charge in [0.2, 0.25) is 0 Å². The van der Waals surface area contributed by atoms with Gasteiger partial charge in [-0.2, -0.15) is 0 Å². The van der Waals surface area contributed by atoms with Crippen LogP contribution in [0.3, 0.4) is 0 Å². The van der Waals surface area contributed by atoms with E-state index in [-0.39, 0.29) is 35.8 Å². The molecule has 0 atom stereocenters. The zero-order chi connectivity index (χ0) is 25.2. The smallest absolute Gasteiger partial charge is 0.335 e. The molecule has 180 valence electrons. The first-order valence-corrected chi connectivity index (χ1v) is 10.9. The lowest BCUT2D eigenvalue weighted by atomic mass is 10.0. The molecule has 36 heavy (non-hydrogen) atoms. The van der Waals surface area contributed by atoms with Gasteiger partial charge in [-0.1, -0.05) is 12.1 Å². The molecule has 0 aliphatic carbocycles. The molecule has 0 fully saturated rings. The maximum Gasteiger partial charge on any atom is 0.335 e. The van der Waals surface area contributed by atoms with E-state index in [9.17, 15) is 19.2 Å². The number of ether oxygens (including phenoxy) is 1. The first-order chi connectivity index (χ1) is 17.4. The fourth-order valence-electron chi connectivity index (χ4n) is 3.90. The third-order valence-electron chi connectivity index (χ3n) is 5.65. The number of nitrogens with zero attached hydrogens (tertiary/aromatic N) is 2. The minimum Gasteiger partial charge on any atom is -0.486 e. The van der Waals surface area contributed by atoms with Crippen molar-refractivity contribution in [2.45, 2.75) is 13.0 Å². The molecule has 0 spiro atoms. The number of hydrogen-bond donors (Lipinski definition) is 4. The van der Waals surface area contributed by atoms with Crippen LogP contribution < -0.4 is 15.4 Å². The van der Waals surface area contributed by atoms with E-state index < -0.39 is 17.8 Å². The number of aromatic amines is 1. The number of H-pyrrole nitrogens is 1. The van der Waals surface area contributed by atoms with Crippen LogP contribution in [0.1, 0.15) is 42.3 Å². The van der Waals surface area contributed by atoms with Gasteiger partial charge in [0.15, 0.2) is 11.5 Å².